The number of nitrogens with one attached hydrogen (secondary N) is 1. The Morgan fingerprint density at radius 3 is 2.25 bits per heavy atom. The zero-order valence-corrected chi connectivity index (χ0v) is 19.8. The fraction of sp³-hybridized carbons (Fsp3) is 0.440. The Balaban J connectivity index is 1.41. The van der Waals surface area contributed by atoms with Gasteiger partial charge in [0.25, 0.3) is 11.8 Å². The molecule has 0 spiro atoms. The van der Waals surface area contributed by atoms with Crippen LogP contribution in [0.3, 0.4) is 0 Å². The molecule has 0 aromatic heterocycles. The monoisotopic (exact) mass is 499 g/mol. The molecule has 2 aromatic carbocycles. The number of benzene rings is 2. The molecule has 0 saturated carbocycles. The first-order valence-electron chi connectivity index (χ1n) is 11.9. The summed E-state index contributed by atoms with van der Waals surface area (Å²) in [5.74, 6) is -1.99. The molecular formula is C25H29N3O8. The van der Waals surface area contributed by atoms with E-state index in [4.69, 9.17) is 24.7 Å². The molecule has 1 saturated heterocycles. The third-order valence-electron chi connectivity index (χ3n) is 5.90. The molecule has 4 amide bonds. The van der Waals surface area contributed by atoms with E-state index in [9.17, 15) is 19.2 Å². The quantitative estimate of drug-likeness (QED) is 0.299. The first-order chi connectivity index (χ1) is 17.5. The Morgan fingerprint density at radius 2 is 1.56 bits per heavy atom. The Hall–Kier alpha value is -3.38. The summed E-state index contributed by atoms with van der Waals surface area (Å²) in [4.78, 5) is 51.8. The highest BCUT2D eigenvalue weighted by molar-refractivity contribution is 6.27. The molecule has 3 N–H and O–H groups in total. The van der Waals surface area contributed by atoms with Gasteiger partial charge < -0.3 is 24.7 Å². The number of nitrogens with two attached hydrogens (primary N) is 1. The second-order valence-corrected chi connectivity index (χ2v) is 8.26. The molecule has 2 heterocycles. The number of imide groups is 2. The van der Waals surface area contributed by atoms with Crippen molar-refractivity contribution in [3.8, 4) is 5.75 Å². The van der Waals surface area contributed by atoms with Gasteiger partial charge in [-0.25, -0.2) is 0 Å². The fourth-order valence-electron chi connectivity index (χ4n) is 4.26. The lowest BCUT2D eigenvalue weighted by molar-refractivity contribution is -0.136. The maximum Gasteiger partial charge on any atom is 0.265 e. The van der Waals surface area contributed by atoms with E-state index in [-0.39, 0.29) is 31.6 Å². The van der Waals surface area contributed by atoms with Gasteiger partial charge in [0.05, 0.1) is 45.2 Å². The summed E-state index contributed by atoms with van der Waals surface area (Å²) in [6, 6.07) is 7.52. The van der Waals surface area contributed by atoms with Crippen molar-refractivity contribution in [2.24, 2.45) is 5.73 Å². The molecule has 4 rings (SSSR count). The Bertz CT molecular complexity index is 1150. The minimum absolute atomic E-state index is 0.0461. The van der Waals surface area contributed by atoms with Crippen LogP contribution in [0.25, 0.3) is 10.8 Å². The first-order valence-corrected chi connectivity index (χ1v) is 11.9. The summed E-state index contributed by atoms with van der Waals surface area (Å²) in [6.07, 6.45) is 0.121. The smallest absolute Gasteiger partial charge is 0.265 e. The van der Waals surface area contributed by atoms with Gasteiger partial charge in [-0.05, 0) is 23.9 Å². The number of piperidine rings is 1. The molecule has 2 aromatic rings. The van der Waals surface area contributed by atoms with Crippen molar-refractivity contribution in [2.45, 2.75) is 18.9 Å². The number of nitrogens with zero attached hydrogens (tertiary/aromatic N) is 1. The number of carbonyl (C=O) groups excluding carboxylic acids is 4. The van der Waals surface area contributed by atoms with Crippen LogP contribution in [0.15, 0.2) is 30.3 Å². The van der Waals surface area contributed by atoms with Gasteiger partial charge in [0.2, 0.25) is 11.8 Å². The van der Waals surface area contributed by atoms with Gasteiger partial charge in [-0.3, -0.25) is 29.4 Å². The third-order valence-corrected chi connectivity index (χ3v) is 5.90. The summed E-state index contributed by atoms with van der Waals surface area (Å²) in [5, 5.41) is 3.41. The summed E-state index contributed by atoms with van der Waals surface area (Å²) < 4.78 is 22.0. The van der Waals surface area contributed by atoms with E-state index in [0.29, 0.717) is 61.7 Å². The van der Waals surface area contributed by atoms with Crippen LogP contribution >= 0.6 is 0 Å². The minimum Gasteiger partial charge on any atom is -0.490 e. The maximum atomic E-state index is 13.6. The largest absolute Gasteiger partial charge is 0.490 e. The molecule has 0 aliphatic carbocycles. The number of hydrogen-bond acceptors (Lipinski definition) is 9. The molecule has 11 heteroatoms. The Labute approximate surface area is 207 Å². The summed E-state index contributed by atoms with van der Waals surface area (Å²) in [5.41, 5.74) is 5.86. The predicted molar refractivity (Wildman–Crippen MR) is 128 cm³/mol. The first kappa shape index (κ1) is 25.7. The van der Waals surface area contributed by atoms with Gasteiger partial charge in [-0.1, -0.05) is 18.2 Å². The van der Waals surface area contributed by atoms with E-state index in [2.05, 4.69) is 5.32 Å². The molecule has 192 valence electrons. The molecule has 1 atom stereocenters. The van der Waals surface area contributed by atoms with Gasteiger partial charge in [0.1, 0.15) is 18.4 Å². The van der Waals surface area contributed by atoms with E-state index in [1.165, 1.54) is 0 Å². The average Bonchev–Trinajstić information content (AvgIpc) is 2.87. The van der Waals surface area contributed by atoms with E-state index in [0.717, 1.165) is 4.90 Å². The SMILES string of the molecule is NCCOCCOCCOCCOc1ccc2cccc3c2c1C(=O)N(C1CCC(=O)NC1=O)C3=O. The predicted octanol–water partition coefficient (Wildman–Crippen LogP) is 0.628. The van der Waals surface area contributed by atoms with Crippen LogP contribution in [-0.2, 0) is 23.8 Å². The zero-order valence-electron chi connectivity index (χ0n) is 19.8. The Kier molecular flexibility index (Phi) is 8.60. The third kappa shape index (κ3) is 5.54. The highest BCUT2D eigenvalue weighted by atomic mass is 16.6. The molecule has 36 heavy (non-hydrogen) atoms. The molecule has 11 nitrogen and oxygen atoms in total. The van der Waals surface area contributed by atoms with Crippen molar-refractivity contribution in [1.29, 1.82) is 0 Å². The Morgan fingerprint density at radius 1 is 0.861 bits per heavy atom. The van der Waals surface area contributed by atoms with Crippen LogP contribution in [0.1, 0.15) is 33.6 Å². The highest BCUT2D eigenvalue weighted by Crippen LogP contribution is 2.37. The van der Waals surface area contributed by atoms with Gasteiger partial charge in [-0.15, -0.1) is 0 Å². The summed E-state index contributed by atoms with van der Waals surface area (Å²) in [6.45, 7) is 3.09. The maximum absolute atomic E-state index is 13.6. The second kappa shape index (κ2) is 12.0. The zero-order chi connectivity index (χ0) is 25.5. The van der Waals surface area contributed by atoms with Crippen LogP contribution in [0.4, 0.5) is 0 Å². The van der Waals surface area contributed by atoms with Crippen LogP contribution in [0.2, 0.25) is 0 Å². The second-order valence-electron chi connectivity index (χ2n) is 8.26. The van der Waals surface area contributed by atoms with Crippen LogP contribution in [0.5, 0.6) is 5.75 Å². The number of hydrogen-bond donors (Lipinski definition) is 2. The lowest BCUT2D eigenvalue weighted by atomic mass is 9.91. The van der Waals surface area contributed by atoms with Crippen molar-refractivity contribution in [3.05, 3.63) is 41.5 Å². The van der Waals surface area contributed by atoms with Crippen molar-refractivity contribution in [1.82, 2.24) is 10.2 Å². The number of rotatable bonds is 13. The lowest BCUT2D eigenvalue weighted by Crippen LogP contribution is -2.57. The van der Waals surface area contributed by atoms with Crippen LogP contribution in [0, 0.1) is 0 Å². The van der Waals surface area contributed by atoms with Gasteiger partial charge in [0.15, 0.2) is 0 Å². The van der Waals surface area contributed by atoms with Crippen molar-refractivity contribution in [3.63, 3.8) is 0 Å². The van der Waals surface area contributed by atoms with Crippen LogP contribution < -0.4 is 15.8 Å². The topological polar surface area (TPSA) is 146 Å². The fourth-order valence-corrected chi connectivity index (χ4v) is 4.26. The summed E-state index contributed by atoms with van der Waals surface area (Å²) >= 11 is 0. The molecule has 1 unspecified atom stereocenters. The molecule has 2 aliphatic rings. The van der Waals surface area contributed by atoms with Crippen molar-refractivity contribution in [2.75, 3.05) is 52.8 Å². The summed E-state index contributed by atoms with van der Waals surface area (Å²) in [7, 11) is 0. The average molecular weight is 500 g/mol. The molecule has 1 fully saturated rings. The highest BCUT2D eigenvalue weighted by Gasteiger charge is 2.43. The van der Waals surface area contributed by atoms with Gasteiger partial charge in [0, 0.05) is 23.9 Å². The van der Waals surface area contributed by atoms with E-state index >= 15 is 0 Å². The van der Waals surface area contributed by atoms with Gasteiger partial charge >= 0.3 is 0 Å². The number of amides is 4. The number of ether oxygens (including phenoxy) is 4. The van der Waals surface area contributed by atoms with Crippen molar-refractivity contribution >= 4 is 34.4 Å². The standard InChI is InChI=1S/C25H29N3O8/c26-8-9-33-10-11-34-12-13-35-14-15-36-19-6-4-16-2-1-3-17-21(16)22(19)25(32)28(24(17)31)18-5-7-20(29)27-23(18)30/h1-4,6,18H,5,7-15,26H2,(H,27,29,30). The van der Waals surface area contributed by atoms with E-state index in [1.54, 1.807) is 30.3 Å². The van der Waals surface area contributed by atoms with E-state index in [1.807, 2.05) is 0 Å². The van der Waals surface area contributed by atoms with Gasteiger partial charge in [-0.2, -0.15) is 0 Å². The minimum atomic E-state index is -1.07. The molecule has 2 aliphatic heterocycles. The van der Waals surface area contributed by atoms with Crippen LogP contribution in [-0.4, -0.2) is 87.4 Å². The number of carbonyl (C=O) groups is 4. The molecule has 0 bridgehead atoms. The molecule has 0 radical (unpaired) electrons. The van der Waals surface area contributed by atoms with Crippen molar-refractivity contribution < 1.29 is 38.1 Å². The normalized spacial score (nSPS) is 17.6. The molecular weight excluding hydrogens is 470 g/mol. The lowest BCUT2D eigenvalue weighted by Gasteiger charge is -2.35. The van der Waals surface area contributed by atoms with E-state index < -0.39 is 29.7 Å².